The molecular weight excluding hydrogens is 226 g/mol. The van der Waals surface area contributed by atoms with Gasteiger partial charge in [-0.1, -0.05) is 6.92 Å². The second-order valence-electron chi connectivity index (χ2n) is 4.94. The minimum Gasteiger partial charge on any atom is -0.367 e. The minimum absolute atomic E-state index is 0.441. The second-order valence-corrected chi connectivity index (χ2v) is 4.94. The highest BCUT2D eigenvalue weighted by molar-refractivity contribution is 5.49. The molecule has 1 aliphatic rings. The molecule has 5 nitrogen and oxygen atoms in total. The van der Waals surface area contributed by atoms with Crippen LogP contribution < -0.4 is 15.5 Å². The van der Waals surface area contributed by atoms with E-state index < -0.39 is 0 Å². The third-order valence-electron chi connectivity index (χ3n) is 3.58. The molecule has 2 rings (SSSR count). The molecule has 0 radical (unpaired) electrons. The molecule has 2 N–H and O–H groups in total. The number of hydrogen-bond acceptors (Lipinski definition) is 5. The van der Waals surface area contributed by atoms with Crippen LogP contribution in [0.15, 0.2) is 12.4 Å². The van der Waals surface area contributed by atoms with Crippen LogP contribution in [0.2, 0.25) is 0 Å². The highest BCUT2D eigenvalue weighted by atomic mass is 15.2. The van der Waals surface area contributed by atoms with Crippen molar-refractivity contribution in [3.05, 3.63) is 12.4 Å². The fourth-order valence-corrected chi connectivity index (χ4v) is 2.16. The molecule has 0 aromatic carbocycles. The largest absolute Gasteiger partial charge is 0.367 e. The number of anilines is 2. The molecule has 2 heterocycles. The fraction of sp³-hybridized carbons (Fsp3) is 0.692. The van der Waals surface area contributed by atoms with Crippen LogP contribution in [0.5, 0.6) is 0 Å². The number of likely N-dealkylation sites (N-methyl/N-ethyl adjacent to an activating group) is 1. The zero-order valence-electron chi connectivity index (χ0n) is 11.5. The summed E-state index contributed by atoms with van der Waals surface area (Å²) < 4.78 is 0. The molecule has 2 unspecified atom stereocenters. The van der Waals surface area contributed by atoms with Crippen molar-refractivity contribution >= 4 is 11.6 Å². The minimum atomic E-state index is 0.441. The Labute approximate surface area is 109 Å². The summed E-state index contributed by atoms with van der Waals surface area (Å²) in [7, 11) is 2.02. The Hall–Kier alpha value is -1.36. The number of nitrogens with one attached hydrogen (secondary N) is 2. The first-order chi connectivity index (χ1) is 8.72. The first-order valence-electron chi connectivity index (χ1n) is 6.73. The summed E-state index contributed by atoms with van der Waals surface area (Å²) in [6, 6.07) is 3.06. The molecule has 1 aromatic rings. The van der Waals surface area contributed by atoms with Crippen LogP contribution in [0.3, 0.4) is 0 Å². The van der Waals surface area contributed by atoms with E-state index in [-0.39, 0.29) is 0 Å². The lowest BCUT2D eigenvalue weighted by Gasteiger charge is -2.19. The molecule has 1 fully saturated rings. The van der Waals surface area contributed by atoms with Gasteiger partial charge in [-0.2, -0.15) is 0 Å². The lowest BCUT2D eigenvalue weighted by Crippen LogP contribution is -2.30. The summed E-state index contributed by atoms with van der Waals surface area (Å²) in [5.41, 5.74) is 0. The lowest BCUT2D eigenvalue weighted by atomic mass is 10.2. The maximum Gasteiger partial charge on any atom is 0.134 e. The summed E-state index contributed by atoms with van der Waals surface area (Å²) in [5, 5.41) is 6.71. The van der Waals surface area contributed by atoms with Gasteiger partial charge in [0.05, 0.1) is 0 Å². The van der Waals surface area contributed by atoms with E-state index in [0.717, 1.165) is 31.1 Å². The highest BCUT2D eigenvalue weighted by Crippen LogP contribution is 2.20. The second kappa shape index (κ2) is 6.00. The van der Waals surface area contributed by atoms with E-state index in [1.807, 2.05) is 13.1 Å². The lowest BCUT2D eigenvalue weighted by molar-refractivity contribution is 0.616. The molecule has 5 heteroatoms. The number of aromatic nitrogens is 2. The van der Waals surface area contributed by atoms with Crippen molar-refractivity contribution in [2.24, 2.45) is 0 Å². The van der Waals surface area contributed by atoms with Crippen LogP contribution in [0.4, 0.5) is 11.6 Å². The van der Waals surface area contributed by atoms with E-state index in [0.29, 0.717) is 12.1 Å². The molecule has 0 bridgehead atoms. The van der Waals surface area contributed by atoms with Gasteiger partial charge >= 0.3 is 0 Å². The van der Waals surface area contributed by atoms with Crippen molar-refractivity contribution in [1.82, 2.24) is 15.3 Å². The van der Waals surface area contributed by atoms with Gasteiger partial charge in [0.1, 0.15) is 18.0 Å². The first-order valence-corrected chi connectivity index (χ1v) is 6.73. The molecule has 0 spiro atoms. The Morgan fingerprint density at radius 1 is 1.50 bits per heavy atom. The van der Waals surface area contributed by atoms with Crippen LogP contribution >= 0.6 is 0 Å². The van der Waals surface area contributed by atoms with Crippen molar-refractivity contribution < 1.29 is 0 Å². The molecule has 100 valence electrons. The Morgan fingerprint density at radius 2 is 2.33 bits per heavy atom. The van der Waals surface area contributed by atoms with Gasteiger partial charge in [0, 0.05) is 31.2 Å². The van der Waals surface area contributed by atoms with Gasteiger partial charge in [0.15, 0.2) is 0 Å². The normalized spacial score (nSPS) is 21.1. The molecule has 2 atom stereocenters. The Bertz CT molecular complexity index is 381. The average Bonchev–Trinajstić information content (AvgIpc) is 2.87. The van der Waals surface area contributed by atoms with E-state index in [9.17, 15) is 0 Å². The van der Waals surface area contributed by atoms with Crippen LogP contribution in [0.25, 0.3) is 0 Å². The number of rotatable bonds is 5. The SMILES string of the molecule is CCC(C)Nc1cc(N2CCC(NC)C2)ncn1. The summed E-state index contributed by atoms with van der Waals surface area (Å²) in [4.78, 5) is 11.0. The Kier molecular flexibility index (Phi) is 4.36. The molecule has 1 aliphatic heterocycles. The zero-order chi connectivity index (χ0) is 13.0. The third-order valence-corrected chi connectivity index (χ3v) is 3.58. The summed E-state index contributed by atoms with van der Waals surface area (Å²) in [5.74, 6) is 1.94. The van der Waals surface area contributed by atoms with Crippen molar-refractivity contribution in [3.63, 3.8) is 0 Å². The van der Waals surface area contributed by atoms with Crippen LogP contribution in [0.1, 0.15) is 26.7 Å². The van der Waals surface area contributed by atoms with E-state index in [4.69, 9.17) is 0 Å². The molecule has 1 saturated heterocycles. The number of nitrogens with zero attached hydrogens (tertiary/aromatic N) is 3. The van der Waals surface area contributed by atoms with Crippen LogP contribution in [-0.4, -0.2) is 42.2 Å². The van der Waals surface area contributed by atoms with Gasteiger partial charge in [-0.25, -0.2) is 9.97 Å². The molecular formula is C13H23N5. The van der Waals surface area contributed by atoms with Crippen LogP contribution in [-0.2, 0) is 0 Å². The molecule has 0 saturated carbocycles. The predicted molar refractivity (Wildman–Crippen MR) is 75.1 cm³/mol. The van der Waals surface area contributed by atoms with E-state index in [1.165, 1.54) is 6.42 Å². The topological polar surface area (TPSA) is 53.1 Å². The van der Waals surface area contributed by atoms with E-state index >= 15 is 0 Å². The Balaban J connectivity index is 2.03. The molecule has 18 heavy (non-hydrogen) atoms. The van der Waals surface area contributed by atoms with Gasteiger partial charge in [0.25, 0.3) is 0 Å². The van der Waals surface area contributed by atoms with Crippen molar-refractivity contribution in [2.45, 2.75) is 38.8 Å². The van der Waals surface area contributed by atoms with Gasteiger partial charge < -0.3 is 15.5 Å². The summed E-state index contributed by atoms with van der Waals surface area (Å²) in [6.07, 6.45) is 3.91. The van der Waals surface area contributed by atoms with Gasteiger partial charge in [-0.05, 0) is 26.8 Å². The standard InChI is InChI=1S/C13H23N5/c1-4-10(2)17-12-7-13(16-9-15-12)18-6-5-11(8-18)14-3/h7,9-11,14H,4-6,8H2,1-3H3,(H,15,16,17). The molecule has 0 amide bonds. The van der Waals surface area contributed by atoms with E-state index in [2.05, 4.69) is 39.3 Å². The zero-order valence-corrected chi connectivity index (χ0v) is 11.5. The van der Waals surface area contributed by atoms with Crippen molar-refractivity contribution in [2.75, 3.05) is 30.4 Å². The summed E-state index contributed by atoms with van der Waals surface area (Å²) in [6.45, 7) is 6.41. The maximum atomic E-state index is 4.37. The maximum absolute atomic E-state index is 4.37. The number of hydrogen-bond donors (Lipinski definition) is 2. The Morgan fingerprint density at radius 3 is 3.00 bits per heavy atom. The average molecular weight is 249 g/mol. The highest BCUT2D eigenvalue weighted by Gasteiger charge is 2.22. The smallest absolute Gasteiger partial charge is 0.134 e. The third kappa shape index (κ3) is 3.10. The summed E-state index contributed by atoms with van der Waals surface area (Å²) >= 11 is 0. The van der Waals surface area contributed by atoms with Crippen molar-refractivity contribution in [3.8, 4) is 0 Å². The van der Waals surface area contributed by atoms with Gasteiger partial charge in [-0.3, -0.25) is 0 Å². The quantitative estimate of drug-likeness (QED) is 0.828. The van der Waals surface area contributed by atoms with Gasteiger partial charge in [0.2, 0.25) is 0 Å². The van der Waals surface area contributed by atoms with Gasteiger partial charge in [-0.15, -0.1) is 0 Å². The predicted octanol–water partition coefficient (Wildman–Crippen LogP) is 1.49. The first kappa shape index (κ1) is 13.1. The van der Waals surface area contributed by atoms with Crippen LogP contribution in [0, 0.1) is 0 Å². The fourth-order valence-electron chi connectivity index (χ4n) is 2.16. The molecule has 0 aliphatic carbocycles. The van der Waals surface area contributed by atoms with Crippen molar-refractivity contribution in [1.29, 1.82) is 0 Å². The monoisotopic (exact) mass is 249 g/mol. The van der Waals surface area contributed by atoms with E-state index in [1.54, 1.807) is 6.33 Å². The molecule has 1 aromatic heterocycles.